The lowest BCUT2D eigenvalue weighted by Gasteiger charge is -2.23. The summed E-state index contributed by atoms with van der Waals surface area (Å²) in [5.74, 6) is 2.11. The SMILES string of the molecule is Cc1ccc(NC(=O)C2CSCN2C(=O)CCc2ncc(-c3ccccc3)o2)cc1C. The molecule has 1 unspecified atom stereocenters. The number of carbonyl (C=O) groups is 2. The first-order chi connectivity index (χ1) is 15.0. The average molecular weight is 436 g/mol. The van der Waals surface area contributed by atoms with Crippen molar-refractivity contribution in [2.24, 2.45) is 0 Å². The van der Waals surface area contributed by atoms with Crippen LogP contribution in [0.5, 0.6) is 0 Å². The zero-order valence-corrected chi connectivity index (χ0v) is 18.4. The van der Waals surface area contributed by atoms with E-state index in [9.17, 15) is 9.59 Å². The summed E-state index contributed by atoms with van der Waals surface area (Å²) >= 11 is 1.59. The number of carbonyl (C=O) groups excluding carboxylic acids is 2. The third-order valence-corrected chi connectivity index (χ3v) is 6.46. The van der Waals surface area contributed by atoms with Crippen molar-refractivity contribution in [3.63, 3.8) is 0 Å². The summed E-state index contributed by atoms with van der Waals surface area (Å²) in [4.78, 5) is 31.6. The number of thioether (sulfide) groups is 1. The van der Waals surface area contributed by atoms with Gasteiger partial charge in [0.25, 0.3) is 0 Å². The maximum absolute atomic E-state index is 12.8. The van der Waals surface area contributed by atoms with Crippen molar-refractivity contribution in [3.05, 3.63) is 71.7 Å². The predicted octanol–water partition coefficient (Wildman–Crippen LogP) is 4.43. The molecule has 1 aliphatic heterocycles. The van der Waals surface area contributed by atoms with Gasteiger partial charge in [-0.05, 0) is 37.1 Å². The number of oxazole rings is 1. The first kappa shape index (κ1) is 21.2. The predicted molar refractivity (Wildman–Crippen MR) is 123 cm³/mol. The van der Waals surface area contributed by atoms with Crippen LogP contribution >= 0.6 is 11.8 Å². The molecule has 160 valence electrons. The third-order valence-electron chi connectivity index (χ3n) is 5.44. The molecule has 2 amide bonds. The molecule has 2 aromatic carbocycles. The molecule has 1 atom stereocenters. The van der Waals surface area contributed by atoms with E-state index in [1.165, 1.54) is 5.56 Å². The Kier molecular flexibility index (Phi) is 6.42. The van der Waals surface area contributed by atoms with Crippen LogP contribution in [0.3, 0.4) is 0 Å². The van der Waals surface area contributed by atoms with Crippen LogP contribution in [-0.2, 0) is 16.0 Å². The van der Waals surface area contributed by atoms with Gasteiger partial charge in [-0.15, -0.1) is 11.8 Å². The second-order valence-electron chi connectivity index (χ2n) is 7.65. The van der Waals surface area contributed by atoms with Gasteiger partial charge in [0, 0.05) is 29.8 Å². The van der Waals surface area contributed by atoms with E-state index >= 15 is 0 Å². The molecule has 2 heterocycles. The van der Waals surface area contributed by atoms with Crippen molar-refractivity contribution in [1.82, 2.24) is 9.88 Å². The highest BCUT2D eigenvalue weighted by Gasteiger charge is 2.34. The zero-order valence-electron chi connectivity index (χ0n) is 17.6. The largest absolute Gasteiger partial charge is 0.441 e. The summed E-state index contributed by atoms with van der Waals surface area (Å²) in [7, 11) is 0. The third kappa shape index (κ3) is 4.99. The summed E-state index contributed by atoms with van der Waals surface area (Å²) in [6.07, 6.45) is 2.34. The molecule has 1 N–H and O–H groups in total. The minimum atomic E-state index is -0.469. The summed E-state index contributed by atoms with van der Waals surface area (Å²) < 4.78 is 5.79. The average Bonchev–Trinajstić information content (AvgIpc) is 3.45. The molecule has 0 radical (unpaired) electrons. The molecule has 6 nitrogen and oxygen atoms in total. The van der Waals surface area contributed by atoms with Crippen molar-refractivity contribution in [2.75, 3.05) is 16.9 Å². The van der Waals surface area contributed by atoms with Gasteiger partial charge in [0.15, 0.2) is 11.7 Å². The van der Waals surface area contributed by atoms with Gasteiger partial charge in [0.05, 0.1) is 12.1 Å². The van der Waals surface area contributed by atoms with Gasteiger partial charge in [-0.3, -0.25) is 9.59 Å². The van der Waals surface area contributed by atoms with E-state index in [2.05, 4.69) is 10.3 Å². The Bertz CT molecular complexity index is 1080. The Morgan fingerprint density at radius 2 is 1.97 bits per heavy atom. The fourth-order valence-electron chi connectivity index (χ4n) is 3.47. The summed E-state index contributed by atoms with van der Waals surface area (Å²) in [6.45, 7) is 4.05. The van der Waals surface area contributed by atoms with E-state index < -0.39 is 6.04 Å². The normalized spacial score (nSPS) is 15.8. The van der Waals surface area contributed by atoms with Crippen molar-refractivity contribution in [2.45, 2.75) is 32.7 Å². The van der Waals surface area contributed by atoms with Crippen LogP contribution < -0.4 is 5.32 Å². The lowest BCUT2D eigenvalue weighted by Crippen LogP contribution is -2.44. The lowest BCUT2D eigenvalue weighted by molar-refractivity contribution is -0.136. The van der Waals surface area contributed by atoms with E-state index in [1.807, 2.05) is 62.4 Å². The monoisotopic (exact) mass is 435 g/mol. The molecule has 7 heteroatoms. The van der Waals surface area contributed by atoms with E-state index in [1.54, 1.807) is 22.9 Å². The van der Waals surface area contributed by atoms with E-state index in [0.29, 0.717) is 29.7 Å². The summed E-state index contributed by atoms with van der Waals surface area (Å²) in [5, 5.41) is 2.96. The highest BCUT2D eigenvalue weighted by molar-refractivity contribution is 7.99. The van der Waals surface area contributed by atoms with Crippen LogP contribution in [0.2, 0.25) is 0 Å². The van der Waals surface area contributed by atoms with Gasteiger partial charge < -0.3 is 14.6 Å². The minimum Gasteiger partial charge on any atom is -0.441 e. The topological polar surface area (TPSA) is 75.4 Å². The molecule has 1 fully saturated rings. The quantitative estimate of drug-likeness (QED) is 0.620. The van der Waals surface area contributed by atoms with Crippen LogP contribution in [-0.4, -0.2) is 39.4 Å². The Hall–Kier alpha value is -3.06. The molecule has 0 spiro atoms. The second-order valence-corrected chi connectivity index (χ2v) is 8.65. The fourth-order valence-corrected chi connectivity index (χ4v) is 4.65. The Labute approximate surface area is 186 Å². The molecule has 4 rings (SSSR count). The molecule has 1 aliphatic rings. The number of rotatable bonds is 6. The van der Waals surface area contributed by atoms with Gasteiger partial charge >= 0.3 is 0 Å². The number of nitrogens with zero attached hydrogens (tertiary/aromatic N) is 2. The first-order valence-corrected chi connectivity index (χ1v) is 11.4. The molecule has 31 heavy (non-hydrogen) atoms. The lowest BCUT2D eigenvalue weighted by atomic mass is 10.1. The number of hydrogen-bond donors (Lipinski definition) is 1. The Balaban J connectivity index is 1.35. The maximum Gasteiger partial charge on any atom is 0.248 e. The second kappa shape index (κ2) is 9.39. The number of hydrogen-bond acceptors (Lipinski definition) is 5. The zero-order chi connectivity index (χ0) is 21.8. The smallest absolute Gasteiger partial charge is 0.248 e. The van der Waals surface area contributed by atoms with Crippen LogP contribution in [0.15, 0.2) is 59.1 Å². The van der Waals surface area contributed by atoms with Gasteiger partial charge in [-0.25, -0.2) is 4.98 Å². The Morgan fingerprint density at radius 1 is 1.16 bits per heavy atom. The number of anilines is 1. The molecular formula is C24H25N3O3S. The molecular weight excluding hydrogens is 410 g/mol. The maximum atomic E-state index is 12.8. The van der Waals surface area contributed by atoms with Gasteiger partial charge in [-0.2, -0.15) is 0 Å². The highest BCUT2D eigenvalue weighted by atomic mass is 32.2. The van der Waals surface area contributed by atoms with Crippen LogP contribution in [0.25, 0.3) is 11.3 Å². The number of aryl methyl sites for hydroxylation is 3. The van der Waals surface area contributed by atoms with E-state index in [4.69, 9.17) is 4.42 Å². The standard InChI is InChI=1S/C24H25N3O3S/c1-16-8-9-19(12-17(16)2)26-24(29)20-14-31-15-27(20)23(28)11-10-22-25-13-21(30-22)18-6-4-3-5-7-18/h3-9,12-13,20H,10-11,14-15H2,1-2H3,(H,26,29). The highest BCUT2D eigenvalue weighted by Crippen LogP contribution is 2.25. The number of benzene rings is 2. The molecule has 0 aliphatic carbocycles. The number of aromatic nitrogens is 1. The minimum absolute atomic E-state index is 0.0651. The van der Waals surface area contributed by atoms with Crippen molar-refractivity contribution >= 4 is 29.3 Å². The first-order valence-electron chi connectivity index (χ1n) is 10.3. The van der Waals surface area contributed by atoms with Crippen LogP contribution in [0, 0.1) is 13.8 Å². The Morgan fingerprint density at radius 3 is 2.74 bits per heavy atom. The van der Waals surface area contributed by atoms with Crippen LogP contribution in [0.1, 0.15) is 23.4 Å². The molecule has 3 aromatic rings. The molecule has 1 aromatic heterocycles. The van der Waals surface area contributed by atoms with E-state index in [0.717, 1.165) is 16.8 Å². The van der Waals surface area contributed by atoms with Crippen molar-refractivity contribution in [3.8, 4) is 11.3 Å². The van der Waals surface area contributed by atoms with E-state index in [-0.39, 0.29) is 18.2 Å². The molecule has 1 saturated heterocycles. The van der Waals surface area contributed by atoms with Crippen molar-refractivity contribution in [1.29, 1.82) is 0 Å². The summed E-state index contributed by atoms with van der Waals surface area (Å²) in [6, 6.07) is 15.1. The van der Waals surface area contributed by atoms with Gasteiger partial charge in [0.2, 0.25) is 11.8 Å². The molecule has 0 bridgehead atoms. The summed E-state index contributed by atoms with van der Waals surface area (Å²) in [5.41, 5.74) is 4.00. The fraction of sp³-hybridized carbons (Fsp3) is 0.292. The molecule has 0 saturated carbocycles. The number of amides is 2. The van der Waals surface area contributed by atoms with Crippen molar-refractivity contribution < 1.29 is 14.0 Å². The van der Waals surface area contributed by atoms with Crippen LogP contribution in [0.4, 0.5) is 5.69 Å². The number of nitrogens with one attached hydrogen (secondary N) is 1. The van der Waals surface area contributed by atoms with Gasteiger partial charge in [-0.1, -0.05) is 36.4 Å². The van der Waals surface area contributed by atoms with Gasteiger partial charge in [0.1, 0.15) is 6.04 Å².